The molecule has 0 spiro atoms. The summed E-state index contributed by atoms with van der Waals surface area (Å²) in [6, 6.07) is 11.0. The third kappa shape index (κ3) is 6.25. The van der Waals surface area contributed by atoms with Gasteiger partial charge in [0, 0.05) is 35.3 Å². The maximum absolute atomic E-state index is 12.5. The predicted octanol–water partition coefficient (Wildman–Crippen LogP) is 4.19. The van der Waals surface area contributed by atoms with Gasteiger partial charge in [0.15, 0.2) is 18.1 Å². The number of aryl methyl sites for hydroxylation is 3. The van der Waals surface area contributed by atoms with Crippen LogP contribution in [0.15, 0.2) is 36.4 Å². The number of anilines is 3. The van der Waals surface area contributed by atoms with Gasteiger partial charge in [-0.3, -0.25) is 4.79 Å². The Labute approximate surface area is 193 Å². The number of hydrogen-bond donors (Lipinski definition) is 2. The van der Waals surface area contributed by atoms with Crippen molar-refractivity contribution in [3.63, 3.8) is 0 Å². The van der Waals surface area contributed by atoms with E-state index in [-0.39, 0.29) is 18.4 Å². The van der Waals surface area contributed by atoms with E-state index in [1.165, 1.54) is 21.3 Å². The van der Waals surface area contributed by atoms with Gasteiger partial charge in [-0.15, -0.1) is 0 Å². The molecule has 0 unspecified atom stereocenters. The highest BCUT2D eigenvalue weighted by atomic mass is 16.5. The molecule has 174 valence electrons. The van der Waals surface area contributed by atoms with Crippen LogP contribution < -0.4 is 29.6 Å². The molecule has 0 aliphatic rings. The Bertz CT molecular complexity index is 1100. The van der Waals surface area contributed by atoms with Gasteiger partial charge < -0.3 is 29.6 Å². The summed E-state index contributed by atoms with van der Waals surface area (Å²) in [7, 11) is 4.53. The maximum atomic E-state index is 12.5. The molecule has 1 aromatic heterocycles. The molecule has 0 aliphatic heterocycles. The first-order valence-electron chi connectivity index (χ1n) is 10.2. The fourth-order valence-corrected chi connectivity index (χ4v) is 3.34. The SMILES string of the molecule is COc1cc(NC(=O)COc2cc(C)nc(Nc3cc(C)cc(C)c3)n2)cc(OC)c1OC. The van der Waals surface area contributed by atoms with E-state index in [2.05, 4.69) is 26.7 Å². The third-order valence-electron chi connectivity index (χ3n) is 4.61. The van der Waals surface area contributed by atoms with E-state index in [9.17, 15) is 4.79 Å². The van der Waals surface area contributed by atoms with Crippen LogP contribution >= 0.6 is 0 Å². The summed E-state index contributed by atoms with van der Waals surface area (Å²) in [5.41, 5.74) is 4.32. The minimum Gasteiger partial charge on any atom is -0.493 e. The number of nitrogens with zero attached hydrogens (tertiary/aromatic N) is 2. The van der Waals surface area contributed by atoms with Crippen molar-refractivity contribution in [3.8, 4) is 23.1 Å². The topological polar surface area (TPSA) is 104 Å². The molecule has 1 amide bonds. The van der Waals surface area contributed by atoms with Crippen LogP contribution in [0.3, 0.4) is 0 Å². The number of benzene rings is 2. The van der Waals surface area contributed by atoms with Crippen LogP contribution in [0, 0.1) is 20.8 Å². The van der Waals surface area contributed by atoms with Crippen molar-refractivity contribution in [2.45, 2.75) is 20.8 Å². The van der Waals surface area contributed by atoms with E-state index >= 15 is 0 Å². The second-order valence-corrected chi connectivity index (χ2v) is 7.42. The molecule has 2 N–H and O–H groups in total. The highest BCUT2D eigenvalue weighted by molar-refractivity contribution is 5.92. The zero-order valence-electron chi connectivity index (χ0n) is 19.6. The monoisotopic (exact) mass is 452 g/mol. The van der Waals surface area contributed by atoms with Crippen molar-refractivity contribution in [3.05, 3.63) is 53.2 Å². The normalized spacial score (nSPS) is 10.4. The van der Waals surface area contributed by atoms with Crippen LogP contribution in [0.5, 0.6) is 23.1 Å². The Balaban J connectivity index is 1.68. The van der Waals surface area contributed by atoms with Gasteiger partial charge in [0.05, 0.1) is 21.3 Å². The molecule has 3 rings (SSSR count). The first-order valence-corrected chi connectivity index (χ1v) is 10.2. The molecule has 9 heteroatoms. The van der Waals surface area contributed by atoms with Gasteiger partial charge in [0.25, 0.3) is 5.91 Å². The standard InChI is InChI=1S/C24H28N4O5/c1-14-7-15(2)9-17(8-14)27-24-25-16(3)10-22(28-24)33-13-21(29)26-18-11-19(30-4)23(32-6)20(12-18)31-5/h7-12H,13H2,1-6H3,(H,26,29)(H,25,27,28). The Kier molecular flexibility index (Phi) is 7.55. The number of nitrogens with one attached hydrogen (secondary N) is 2. The molecule has 0 fully saturated rings. The smallest absolute Gasteiger partial charge is 0.262 e. The highest BCUT2D eigenvalue weighted by Gasteiger charge is 2.15. The number of ether oxygens (including phenoxy) is 4. The summed E-state index contributed by atoms with van der Waals surface area (Å²) in [5.74, 6) is 1.61. The van der Waals surface area contributed by atoms with Crippen LogP contribution in [0.25, 0.3) is 0 Å². The van der Waals surface area contributed by atoms with Gasteiger partial charge in [0.2, 0.25) is 17.6 Å². The van der Waals surface area contributed by atoms with Crippen LogP contribution in [-0.4, -0.2) is 43.8 Å². The maximum Gasteiger partial charge on any atom is 0.262 e. The van der Waals surface area contributed by atoms with Gasteiger partial charge in [-0.2, -0.15) is 4.98 Å². The minimum atomic E-state index is -0.371. The molecule has 1 heterocycles. The molecule has 3 aromatic rings. The number of methoxy groups -OCH3 is 3. The second kappa shape index (κ2) is 10.5. The van der Waals surface area contributed by atoms with Crippen molar-refractivity contribution in [2.24, 2.45) is 0 Å². The van der Waals surface area contributed by atoms with Gasteiger partial charge in [-0.05, 0) is 44.0 Å². The average Bonchev–Trinajstić information content (AvgIpc) is 2.75. The lowest BCUT2D eigenvalue weighted by Gasteiger charge is -2.15. The Morgan fingerprint density at radius 3 is 2.03 bits per heavy atom. The zero-order chi connectivity index (χ0) is 24.0. The predicted molar refractivity (Wildman–Crippen MR) is 126 cm³/mol. The lowest BCUT2D eigenvalue weighted by atomic mass is 10.1. The van der Waals surface area contributed by atoms with Crippen LogP contribution in [0.1, 0.15) is 16.8 Å². The van der Waals surface area contributed by atoms with E-state index in [1.54, 1.807) is 18.2 Å². The lowest BCUT2D eigenvalue weighted by molar-refractivity contribution is -0.118. The van der Waals surface area contributed by atoms with Gasteiger partial charge in [0.1, 0.15) is 0 Å². The van der Waals surface area contributed by atoms with E-state index in [0.29, 0.717) is 34.6 Å². The number of hydrogen-bond acceptors (Lipinski definition) is 8. The summed E-state index contributed by atoms with van der Waals surface area (Å²) in [5, 5.41) is 5.94. The van der Waals surface area contributed by atoms with E-state index in [1.807, 2.05) is 32.9 Å². The summed E-state index contributed by atoms with van der Waals surface area (Å²) >= 11 is 0. The summed E-state index contributed by atoms with van der Waals surface area (Å²) < 4.78 is 21.5. The molecule has 33 heavy (non-hydrogen) atoms. The minimum absolute atomic E-state index is 0.240. The Morgan fingerprint density at radius 1 is 0.818 bits per heavy atom. The molecule has 9 nitrogen and oxygen atoms in total. The fourth-order valence-electron chi connectivity index (χ4n) is 3.34. The molecule has 0 aliphatic carbocycles. The number of amides is 1. The van der Waals surface area contributed by atoms with Gasteiger partial charge in [-0.1, -0.05) is 6.07 Å². The molecule has 2 aromatic carbocycles. The third-order valence-corrected chi connectivity index (χ3v) is 4.61. The average molecular weight is 453 g/mol. The number of aromatic nitrogens is 2. The van der Waals surface area contributed by atoms with Gasteiger partial charge in [-0.25, -0.2) is 4.98 Å². The first-order chi connectivity index (χ1) is 15.8. The van der Waals surface area contributed by atoms with Gasteiger partial charge >= 0.3 is 0 Å². The van der Waals surface area contributed by atoms with Crippen LogP contribution in [-0.2, 0) is 4.79 Å². The molecular formula is C24H28N4O5. The second-order valence-electron chi connectivity index (χ2n) is 7.42. The van der Waals surface area contributed by atoms with Crippen molar-refractivity contribution in [1.82, 2.24) is 9.97 Å². The van der Waals surface area contributed by atoms with Crippen molar-refractivity contribution in [2.75, 3.05) is 38.6 Å². The van der Waals surface area contributed by atoms with Crippen LogP contribution in [0.4, 0.5) is 17.3 Å². The molecule has 0 radical (unpaired) electrons. The summed E-state index contributed by atoms with van der Waals surface area (Å²) in [6.45, 7) is 5.64. The molecule has 0 saturated carbocycles. The van der Waals surface area contributed by atoms with Crippen LogP contribution in [0.2, 0.25) is 0 Å². The zero-order valence-corrected chi connectivity index (χ0v) is 19.6. The lowest BCUT2D eigenvalue weighted by Crippen LogP contribution is -2.20. The number of carbonyl (C=O) groups excluding carboxylic acids is 1. The largest absolute Gasteiger partial charge is 0.493 e. The highest BCUT2D eigenvalue weighted by Crippen LogP contribution is 2.39. The quantitative estimate of drug-likeness (QED) is 0.498. The molecular weight excluding hydrogens is 424 g/mol. The number of carbonyl (C=O) groups is 1. The van der Waals surface area contributed by atoms with E-state index in [0.717, 1.165) is 16.8 Å². The summed E-state index contributed by atoms with van der Waals surface area (Å²) in [6.07, 6.45) is 0. The Morgan fingerprint density at radius 2 is 1.45 bits per heavy atom. The van der Waals surface area contributed by atoms with Crippen molar-refractivity contribution in [1.29, 1.82) is 0 Å². The first kappa shape index (κ1) is 23.6. The Hall–Kier alpha value is -4.01. The summed E-state index contributed by atoms with van der Waals surface area (Å²) in [4.78, 5) is 21.2. The van der Waals surface area contributed by atoms with E-state index in [4.69, 9.17) is 18.9 Å². The molecule has 0 atom stereocenters. The number of rotatable bonds is 9. The fraction of sp³-hybridized carbons (Fsp3) is 0.292. The molecule has 0 saturated heterocycles. The van der Waals surface area contributed by atoms with E-state index < -0.39 is 0 Å². The molecule has 0 bridgehead atoms. The van der Waals surface area contributed by atoms with Crippen molar-refractivity contribution >= 4 is 23.2 Å². The van der Waals surface area contributed by atoms with Crippen molar-refractivity contribution < 1.29 is 23.7 Å².